The van der Waals surface area contributed by atoms with Crippen molar-refractivity contribution in [1.29, 1.82) is 0 Å². The molecule has 1 aromatic heterocycles. The summed E-state index contributed by atoms with van der Waals surface area (Å²) in [5.74, 6) is 0.0891. The topological polar surface area (TPSA) is 68.3 Å². The average molecular weight is 383 g/mol. The Balaban J connectivity index is 1.85. The first-order valence-electron chi connectivity index (χ1n) is 6.78. The molecule has 116 valence electrons. The van der Waals surface area contributed by atoms with E-state index in [1.165, 1.54) is 30.5 Å². The van der Waals surface area contributed by atoms with E-state index in [1.54, 1.807) is 0 Å². The summed E-state index contributed by atoms with van der Waals surface area (Å²) < 4.78 is 33.6. The van der Waals surface area contributed by atoms with Crippen LogP contribution in [0.5, 0.6) is 5.88 Å². The molecule has 0 bridgehead atoms. The van der Waals surface area contributed by atoms with Crippen LogP contribution in [-0.2, 0) is 22.9 Å². The monoisotopic (exact) mass is 382 g/mol. The zero-order chi connectivity index (χ0) is 15.7. The van der Waals surface area contributed by atoms with Gasteiger partial charge in [-0.2, -0.15) is 0 Å². The maximum atomic E-state index is 12.6. The lowest BCUT2D eigenvalue weighted by Gasteiger charge is -2.14. The van der Waals surface area contributed by atoms with Crippen molar-refractivity contribution in [3.63, 3.8) is 0 Å². The molecule has 22 heavy (non-hydrogen) atoms. The molecule has 1 aromatic carbocycles. The van der Waals surface area contributed by atoms with Crippen molar-refractivity contribution in [3.05, 3.63) is 52.1 Å². The van der Waals surface area contributed by atoms with Gasteiger partial charge >= 0.3 is 0 Å². The summed E-state index contributed by atoms with van der Waals surface area (Å²) in [5.41, 5.74) is 2.38. The van der Waals surface area contributed by atoms with Gasteiger partial charge < -0.3 is 4.74 Å². The van der Waals surface area contributed by atoms with Crippen LogP contribution in [0, 0.1) is 0 Å². The molecule has 0 fully saturated rings. The van der Waals surface area contributed by atoms with E-state index in [-0.39, 0.29) is 16.8 Å². The summed E-state index contributed by atoms with van der Waals surface area (Å²) >= 11 is 3.24. The van der Waals surface area contributed by atoms with E-state index in [0.29, 0.717) is 17.3 Å². The van der Waals surface area contributed by atoms with E-state index < -0.39 is 10.0 Å². The smallest absolute Gasteiger partial charge is 0.246 e. The van der Waals surface area contributed by atoms with Crippen molar-refractivity contribution in [1.82, 2.24) is 9.71 Å². The number of halogens is 1. The summed E-state index contributed by atoms with van der Waals surface area (Å²) in [6.45, 7) is 0. The van der Waals surface area contributed by atoms with Crippen LogP contribution in [0.1, 0.15) is 11.1 Å². The minimum Gasteiger partial charge on any atom is -0.480 e. The number of benzene rings is 1. The molecule has 0 saturated carbocycles. The second kappa shape index (κ2) is 5.98. The van der Waals surface area contributed by atoms with Crippen molar-refractivity contribution in [2.24, 2.45) is 0 Å². The first kappa shape index (κ1) is 15.5. The Kier molecular flexibility index (Phi) is 4.20. The number of aromatic nitrogens is 1. The van der Waals surface area contributed by atoms with Gasteiger partial charge in [0.15, 0.2) is 0 Å². The summed E-state index contributed by atoms with van der Waals surface area (Å²) in [4.78, 5) is 4.03. The van der Waals surface area contributed by atoms with Gasteiger partial charge in [0.2, 0.25) is 15.9 Å². The number of ether oxygens (including phenoxy) is 1. The predicted molar refractivity (Wildman–Crippen MR) is 86.4 cm³/mol. The normalized spacial score (nSPS) is 14.8. The minimum absolute atomic E-state index is 0.0420. The zero-order valence-corrected chi connectivity index (χ0v) is 14.3. The summed E-state index contributed by atoms with van der Waals surface area (Å²) in [6, 6.07) is 9.35. The molecular formula is C15H15BrN2O3S. The molecule has 1 aliphatic carbocycles. The van der Waals surface area contributed by atoms with Gasteiger partial charge in [-0.3, -0.25) is 0 Å². The number of nitrogens with one attached hydrogen (secondary N) is 1. The summed E-state index contributed by atoms with van der Waals surface area (Å²) in [6.07, 6.45) is 2.89. The zero-order valence-electron chi connectivity index (χ0n) is 11.9. The molecule has 7 heteroatoms. The third-order valence-corrected chi connectivity index (χ3v) is 5.59. The van der Waals surface area contributed by atoms with E-state index in [0.717, 1.165) is 0 Å². The van der Waals surface area contributed by atoms with Crippen LogP contribution in [0.4, 0.5) is 0 Å². The highest BCUT2D eigenvalue weighted by Gasteiger charge is 2.28. The Morgan fingerprint density at radius 1 is 1.27 bits per heavy atom. The van der Waals surface area contributed by atoms with E-state index in [2.05, 4.69) is 25.6 Å². The van der Waals surface area contributed by atoms with Gasteiger partial charge in [0.25, 0.3) is 0 Å². The maximum Gasteiger partial charge on any atom is 0.246 e. The number of rotatable bonds is 4. The SMILES string of the molecule is COc1ncc(Br)cc1S(=O)(=O)NC1Cc2ccccc2C1. The second-order valence-corrected chi connectivity index (χ2v) is 7.75. The molecule has 0 unspecified atom stereocenters. The summed E-state index contributed by atoms with van der Waals surface area (Å²) in [7, 11) is -2.29. The highest BCUT2D eigenvalue weighted by molar-refractivity contribution is 9.10. The van der Waals surface area contributed by atoms with E-state index in [4.69, 9.17) is 4.74 Å². The third-order valence-electron chi connectivity index (χ3n) is 3.64. The van der Waals surface area contributed by atoms with Crippen LogP contribution in [0.25, 0.3) is 0 Å². The standard InChI is InChI=1S/C15H15BrN2O3S/c1-21-15-14(8-12(16)9-17-15)22(19,20)18-13-6-10-4-2-3-5-11(10)7-13/h2-5,8-9,13,18H,6-7H2,1H3. The summed E-state index contributed by atoms with van der Waals surface area (Å²) in [5, 5.41) is 0. The number of nitrogens with zero attached hydrogens (tertiary/aromatic N) is 1. The Bertz CT molecular complexity index is 783. The van der Waals surface area contributed by atoms with Gasteiger partial charge in [-0.1, -0.05) is 24.3 Å². The molecule has 2 aromatic rings. The van der Waals surface area contributed by atoms with E-state index in [1.807, 2.05) is 24.3 Å². The fourth-order valence-electron chi connectivity index (χ4n) is 2.68. The van der Waals surface area contributed by atoms with E-state index >= 15 is 0 Å². The Morgan fingerprint density at radius 2 is 1.91 bits per heavy atom. The van der Waals surface area contributed by atoms with Gasteiger partial charge in [0, 0.05) is 16.7 Å². The fraction of sp³-hybridized carbons (Fsp3) is 0.267. The van der Waals surface area contributed by atoms with Crippen molar-refractivity contribution < 1.29 is 13.2 Å². The molecule has 1 N–H and O–H groups in total. The molecule has 1 heterocycles. The number of hydrogen-bond donors (Lipinski definition) is 1. The lowest BCUT2D eigenvalue weighted by atomic mass is 10.1. The molecule has 0 spiro atoms. The van der Waals surface area contributed by atoms with Crippen molar-refractivity contribution in [2.75, 3.05) is 7.11 Å². The largest absolute Gasteiger partial charge is 0.480 e. The maximum absolute atomic E-state index is 12.6. The van der Waals surface area contributed by atoms with Crippen LogP contribution >= 0.6 is 15.9 Å². The van der Waals surface area contributed by atoms with Crippen LogP contribution in [0.3, 0.4) is 0 Å². The Labute approximate surface area is 137 Å². The highest BCUT2D eigenvalue weighted by Crippen LogP contribution is 2.27. The molecule has 0 amide bonds. The number of methoxy groups -OCH3 is 1. The minimum atomic E-state index is -3.69. The van der Waals surface area contributed by atoms with E-state index in [9.17, 15) is 8.42 Å². The van der Waals surface area contributed by atoms with Crippen molar-refractivity contribution in [3.8, 4) is 5.88 Å². The molecule has 0 saturated heterocycles. The molecule has 0 aliphatic heterocycles. The van der Waals surface area contributed by atoms with Crippen molar-refractivity contribution in [2.45, 2.75) is 23.8 Å². The Hall–Kier alpha value is -1.44. The van der Waals surface area contributed by atoms with Gasteiger partial charge in [-0.25, -0.2) is 18.1 Å². The number of hydrogen-bond acceptors (Lipinski definition) is 4. The average Bonchev–Trinajstić information content (AvgIpc) is 2.88. The van der Waals surface area contributed by atoms with Gasteiger partial charge in [0.1, 0.15) is 4.90 Å². The first-order valence-corrected chi connectivity index (χ1v) is 9.06. The van der Waals surface area contributed by atoms with Gasteiger partial charge in [-0.05, 0) is 46.0 Å². The van der Waals surface area contributed by atoms with Crippen molar-refractivity contribution >= 4 is 26.0 Å². The lowest BCUT2D eigenvalue weighted by molar-refractivity contribution is 0.384. The lowest BCUT2D eigenvalue weighted by Crippen LogP contribution is -2.35. The number of pyridine rings is 1. The Morgan fingerprint density at radius 3 is 2.50 bits per heavy atom. The first-order chi connectivity index (χ1) is 10.5. The highest BCUT2D eigenvalue weighted by atomic mass is 79.9. The van der Waals surface area contributed by atoms with Crippen LogP contribution < -0.4 is 9.46 Å². The van der Waals surface area contributed by atoms with Crippen LogP contribution in [0.2, 0.25) is 0 Å². The molecule has 5 nitrogen and oxygen atoms in total. The fourth-order valence-corrected chi connectivity index (χ4v) is 4.54. The quantitative estimate of drug-likeness (QED) is 0.880. The third kappa shape index (κ3) is 3.02. The van der Waals surface area contributed by atoms with Gasteiger partial charge in [-0.15, -0.1) is 0 Å². The molecular weight excluding hydrogens is 368 g/mol. The molecule has 0 atom stereocenters. The molecule has 0 radical (unpaired) electrons. The number of fused-ring (bicyclic) bond motifs is 1. The predicted octanol–water partition coefficient (Wildman–Crippen LogP) is 2.30. The van der Waals surface area contributed by atoms with Crippen LogP contribution in [0.15, 0.2) is 45.9 Å². The number of sulfonamides is 1. The molecule has 3 rings (SSSR count). The second-order valence-electron chi connectivity index (χ2n) is 5.16. The van der Waals surface area contributed by atoms with Crippen LogP contribution in [-0.4, -0.2) is 26.6 Å². The molecule has 1 aliphatic rings. The van der Waals surface area contributed by atoms with Gasteiger partial charge in [0.05, 0.1) is 7.11 Å².